The SMILES string of the molecule is C=C(C)C(=O)OCCCCOc1ccc(N=Nc2ccc(OCCCCOC(=O)C(=C)C)c(C)c2)cc1. The Bertz CT molecular complexity index is 1090. The van der Waals surface area contributed by atoms with E-state index < -0.39 is 0 Å². The maximum atomic E-state index is 11.3. The van der Waals surface area contributed by atoms with Crippen LogP contribution in [-0.2, 0) is 19.1 Å². The normalized spacial score (nSPS) is 10.7. The van der Waals surface area contributed by atoms with Gasteiger partial charge in [-0.1, -0.05) is 13.2 Å². The number of benzene rings is 2. The molecular formula is C29H36N2O6. The first kappa shape index (κ1) is 29.3. The Morgan fingerprint density at radius 3 is 1.73 bits per heavy atom. The first-order chi connectivity index (χ1) is 17.8. The summed E-state index contributed by atoms with van der Waals surface area (Å²) in [6, 6.07) is 13.0. The van der Waals surface area contributed by atoms with Crippen molar-refractivity contribution in [1.82, 2.24) is 0 Å². The Morgan fingerprint density at radius 1 is 0.703 bits per heavy atom. The molecule has 0 amide bonds. The first-order valence-electron chi connectivity index (χ1n) is 12.3. The van der Waals surface area contributed by atoms with E-state index in [9.17, 15) is 9.59 Å². The quantitative estimate of drug-likeness (QED) is 0.105. The van der Waals surface area contributed by atoms with E-state index in [4.69, 9.17) is 18.9 Å². The van der Waals surface area contributed by atoms with Gasteiger partial charge in [0.25, 0.3) is 0 Å². The van der Waals surface area contributed by atoms with Crippen molar-refractivity contribution in [3.63, 3.8) is 0 Å². The predicted octanol–water partition coefficient (Wildman–Crippen LogP) is 6.97. The molecule has 0 atom stereocenters. The highest BCUT2D eigenvalue weighted by atomic mass is 16.5. The Morgan fingerprint density at radius 2 is 1.19 bits per heavy atom. The van der Waals surface area contributed by atoms with Crippen LogP contribution in [0, 0.1) is 6.92 Å². The minimum Gasteiger partial charge on any atom is -0.494 e. The van der Waals surface area contributed by atoms with Gasteiger partial charge in [0.2, 0.25) is 0 Å². The summed E-state index contributed by atoms with van der Waals surface area (Å²) in [7, 11) is 0. The Kier molecular flexibility index (Phi) is 12.6. The van der Waals surface area contributed by atoms with Crippen molar-refractivity contribution in [1.29, 1.82) is 0 Å². The number of carbonyl (C=O) groups is 2. The van der Waals surface area contributed by atoms with Gasteiger partial charge in [0.15, 0.2) is 0 Å². The van der Waals surface area contributed by atoms with Crippen LogP contribution in [0.4, 0.5) is 11.4 Å². The fourth-order valence-electron chi connectivity index (χ4n) is 2.94. The van der Waals surface area contributed by atoms with Gasteiger partial charge < -0.3 is 18.9 Å². The highest BCUT2D eigenvalue weighted by Crippen LogP contribution is 2.26. The summed E-state index contributed by atoms with van der Waals surface area (Å²) < 4.78 is 21.7. The molecule has 2 rings (SSSR count). The molecule has 0 saturated carbocycles. The Balaban J connectivity index is 1.69. The monoisotopic (exact) mass is 508 g/mol. The standard InChI is InChI=1S/C29H36N2O6/c1-21(2)28(32)36-18-8-6-16-34-26-13-10-24(11-14-26)30-31-25-12-15-27(23(5)20-25)35-17-7-9-19-37-29(33)22(3)4/h10-15,20H,1,3,6-9,16-19H2,2,4-5H3. The molecule has 0 radical (unpaired) electrons. The maximum absolute atomic E-state index is 11.3. The highest BCUT2D eigenvalue weighted by Gasteiger charge is 2.05. The van der Waals surface area contributed by atoms with Gasteiger partial charge in [-0.25, -0.2) is 9.59 Å². The minimum absolute atomic E-state index is 0.356. The molecule has 0 spiro atoms. The van der Waals surface area contributed by atoms with Gasteiger partial charge in [-0.15, -0.1) is 0 Å². The zero-order valence-electron chi connectivity index (χ0n) is 22.0. The molecular weight excluding hydrogens is 472 g/mol. The third-order valence-electron chi connectivity index (χ3n) is 5.04. The second-order valence-electron chi connectivity index (χ2n) is 8.59. The van der Waals surface area contributed by atoms with Crippen LogP contribution in [-0.4, -0.2) is 38.4 Å². The van der Waals surface area contributed by atoms with Gasteiger partial charge in [-0.2, -0.15) is 10.2 Å². The van der Waals surface area contributed by atoms with E-state index in [0.717, 1.165) is 48.4 Å². The molecule has 0 N–H and O–H groups in total. The summed E-state index contributed by atoms with van der Waals surface area (Å²) in [5, 5.41) is 8.60. The van der Waals surface area contributed by atoms with Gasteiger partial charge in [0.1, 0.15) is 11.5 Å². The van der Waals surface area contributed by atoms with Crippen LogP contribution < -0.4 is 9.47 Å². The summed E-state index contributed by atoms with van der Waals surface area (Å²) >= 11 is 0. The van der Waals surface area contributed by atoms with Crippen molar-refractivity contribution in [3.8, 4) is 11.5 Å². The third kappa shape index (κ3) is 11.6. The molecule has 198 valence electrons. The van der Waals surface area contributed by atoms with E-state index in [1.54, 1.807) is 13.8 Å². The summed E-state index contributed by atoms with van der Waals surface area (Å²) in [6.45, 7) is 14.1. The average molecular weight is 509 g/mol. The van der Waals surface area contributed by atoms with Crippen molar-refractivity contribution in [2.75, 3.05) is 26.4 Å². The van der Waals surface area contributed by atoms with E-state index in [0.29, 0.717) is 43.3 Å². The van der Waals surface area contributed by atoms with Crippen molar-refractivity contribution < 1.29 is 28.5 Å². The number of unbranched alkanes of at least 4 members (excludes halogenated alkanes) is 2. The lowest BCUT2D eigenvalue weighted by Gasteiger charge is -2.09. The molecule has 37 heavy (non-hydrogen) atoms. The molecule has 0 aromatic heterocycles. The van der Waals surface area contributed by atoms with E-state index in [1.165, 1.54) is 0 Å². The molecule has 8 nitrogen and oxygen atoms in total. The number of hydrogen-bond acceptors (Lipinski definition) is 8. The lowest BCUT2D eigenvalue weighted by Crippen LogP contribution is -2.07. The summed E-state index contributed by atoms with van der Waals surface area (Å²) in [5.74, 6) is 0.799. The second-order valence-corrected chi connectivity index (χ2v) is 8.59. The van der Waals surface area contributed by atoms with E-state index >= 15 is 0 Å². The summed E-state index contributed by atoms with van der Waals surface area (Å²) in [4.78, 5) is 22.7. The van der Waals surface area contributed by atoms with Crippen LogP contribution >= 0.6 is 0 Å². The lowest BCUT2D eigenvalue weighted by atomic mass is 10.2. The van der Waals surface area contributed by atoms with Crippen LogP contribution in [0.1, 0.15) is 45.1 Å². The fourth-order valence-corrected chi connectivity index (χ4v) is 2.94. The van der Waals surface area contributed by atoms with Crippen molar-refractivity contribution in [2.24, 2.45) is 10.2 Å². The lowest BCUT2D eigenvalue weighted by molar-refractivity contribution is -0.139. The van der Waals surface area contributed by atoms with Crippen molar-refractivity contribution in [3.05, 3.63) is 72.3 Å². The number of azo groups is 1. The van der Waals surface area contributed by atoms with Gasteiger partial charge in [0, 0.05) is 11.1 Å². The molecule has 0 aliphatic rings. The number of hydrogen-bond donors (Lipinski definition) is 0. The zero-order chi connectivity index (χ0) is 27.0. The zero-order valence-corrected chi connectivity index (χ0v) is 22.0. The van der Waals surface area contributed by atoms with Crippen LogP contribution in [0.15, 0.2) is 77.0 Å². The predicted molar refractivity (Wildman–Crippen MR) is 143 cm³/mol. The molecule has 0 fully saturated rings. The molecule has 0 unspecified atom stereocenters. The third-order valence-corrected chi connectivity index (χ3v) is 5.04. The Labute approximate surface area is 219 Å². The molecule has 0 saturated heterocycles. The number of aryl methyl sites for hydroxylation is 1. The Hall–Kier alpha value is -3.94. The van der Waals surface area contributed by atoms with Crippen LogP contribution in [0.3, 0.4) is 0 Å². The van der Waals surface area contributed by atoms with Gasteiger partial charge >= 0.3 is 11.9 Å². The van der Waals surface area contributed by atoms with E-state index in [-0.39, 0.29) is 11.9 Å². The molecule has 2 aromatic carbocycles. The number of esters is 2. The highest BCUT2D eigenvalue weighted by molar-refractivity contribution is 5.87. The van der Waals surface area contributed by atoms with Gasteiger partial charge in [-0.05, 0) is 94.5 Å². The smallest absolute Gasteiger partial charge is 0.333 e. The van der Waals surface area contributed by atoms with Crippen LogP contribution in [0.2, 0.25) is 0 Å². The topological polar surface area (TPSA) is 95.8 Å². The minimum atomic E-state index is -0.363. The van der Waals surface area contributed by atoms with Crippen LogP contribution in [0.5, 0.6) is 11.5 Å². The summed E-state index contributed by atoms with van der Waals surface area (Å²) in [5.41, 5.74) is 3.20. The van der Waals surface area contributed by atoms with Crippen LogP contribution in [0.25, 0.3) is 0 Å². The molecule has 0 bridgehead atoms. The van der Waals surface area contributed by atoms with Gasteiger partial charge in [-0.3, -0.25) is 0 Å². The molecule has 0 aliphatic heterocycles. The van der Waals surface area contributed by atoms with E-state index in [1.807, 2.05) is 49.4 Å². The molecule has 2 aromatic rings. The van der Waals surface area contributed by atoms with Crippen molar-refractivity contribution >= 4 is 23.3 Å². The maximum Gasteiger partial charge on any atom is 0.333 e. The number of rotatable bonds is 16. The molecule has 0 heterocycles. The second kappa shape index (κ2) is 15.9. The molecule has 8 heteroatoms. The number of carbonyl (C=O) groups excluding carboxylic acids is 2. The van der Waals surface area contributed by atoms with Gasteiger partial charge in [0.05, 0.1) is 37.8 Å². The summed E-state index contributed by atoms with van der Waals surface area (Å²) in [6.07, 6.45) is 2.99. The average Bonchev–Trinajstić information content (AvgIpc) is 2.88. The molecule has 0 aliphatic carbocycles. The fraction of sp³-hybridized carbons (Fsp3) is 0.379. The number of nitrogens with zero attached hydrogens (tertiary/aromatic N) is 2. The van der Waals surface area contributed by atoms with E-state index in [2.05, 4.69) is 23.4 Å². The first-order valence-corrected chi connectivity index (χ1v) is 12.3. The number of ether oxygens (including phenoxy) is 4. The largest absolute Gasteiger partial charge is 0.494 e. The van der Waals surface area contributed by atoms with Crippen molar-refractivity contribution in [2.45, 2.75) is 46.5 Å².